The van der Waals surface area contributed by atoms with Crippen molar-refractivity contribution in [3.63, 3.8) is 0 Å². The lowest BCUT2D eigenvalue weighted by atomic mass is 10.1. The number of carbonyl (C=O) groups excluding carboxylic acids is 1. The van der Waals surface area contributed by atoms with E-state index in [2.05, 4.69) is 20.6 Å². The molecule has 0 radical (unpaired) electrons. The number of amides is 1. The third-order valence-corrected chi connectivity index (χ3v) is 5.39. The van der Waals surface area contributed by atoms with Crippen molar-refractivity contribution >= 4 is 22.9 Å². The average Bonchev–Trinajstić information content (AvgIpc) is 3.29. The van der Waals surface area contributed by atoms with Crippen molar-refractivity contribution in [1.29, 1.82) is 0 Å². The standard InChI is InChI=1S/C19H22N4OS/c24-19(20-8-12-22-9-3-1-4-10-22)17-18(15-7-13-25-14-15)23-11-5-2-6-16(23)21-17/h2,5-7,11,13-14H,1,3-4,8-10,12H2,(H,20,24). The molecule has 3 aromatic heterocycles. The third kappa shape index (κ3) is 3.45. The van der Waals surface area contributed by atoms with Crippen LogP contribution in [-0.2, 0) is 0 Å². The van der Waals surface area contributed by atoms with E-state index in [4.69, 9.17) is 0 Å². The van der Waals surface area contributed by atoms with Gasteiger partial charge in [-0.2, -0.15) is 11.3 Å². The average molecular weight is 354 g/mol. The molecule has 0 bridgehead atoms. The highest BCUT2D eigenvalue weighted by atomic mass is 32.1. The zero-order chi connectivity index (χ0) is 17.1. The number of aromatic nitrogens is 2. The molecule has 0 atom stereocenters. The Kier molecular flexibility index (Phi) is 4.81. The van der Waals surface area contributed by atoms with Crippen LogP contribution in [0.25, 0.3) is 16.9 Å². The molecule has 25 heavy (non-hydrogen) atoms. The summed E-state index contributed by atoms with van der Waals surface area (Å²) < 4.78 is 1.99. The van der Waals surface area contributed by atoms with Crippen LogP contribution in [0.4, 0.5) is 0 Å². The van der Waals surface area contributed by atoms with E-state index in [9.17, 15) is 4.79 Å². The number of rotatable bonds is 5. The molecule has 1 aliphatic heterocycles. The Labute approximate surface area is 151 Å². The van der Waals surface area contributed by atoms with Crippen molar-refractivity contribution in [2.24, 2.45) is 0 Å². The highest BCUT2D eigenvalue weighted by molar-refractivity contribution is 7.08. The summed E-state index contributed by atoms with van der Waals surface area (Å²) in [5.74, 6) is -0.0955. The monoisotopic (exact) mass is 354 g/mol. The van der Waals surface area contributed by atoms with Gasteiger partial charge in [-0.1, -0.05) is 12.5 Å². The van der Waals surface area contributed by atoms with Crippen LogP contribution in [0.1, 0.15) is 29.8 Å². The van der Waals surface area contributed by atoms with Gasteiger partial charge in [-0.25, -0.2) is 4.98 Å². The summed E-state index contributed by atoms with van der Waals surface area (Å²) >= 11 is 1.62. The van der Waals surface area contributed by atoms with Crippen molar-refractivity contribution in [2.45, 2.75) is 19.3 Å². The number of nitrogens with one attached hydrogen (secondary N) is 1. The fourth-order valence-corrected chi connectivity index (χ4v) is 4.06. The molecule has 4 heterocycles. The number of hydrogen-bond acceptors (Lipinski definition) is 4. The number of nitrogens with zero attached hydrogens (tertiary/aromatic N) is 3. The fourth-order valence-electron chi connectivity index (χ4n) is 3.42. The van der Waals surface area contributed by atoms with E-state index in [-0.39, 0.29) is 5.91 Å². The van der Waals surface area contributed by atoms with E-state index in [0.717, 1.165) is 36.5 Å². The lowest BCUT2D eigenvalue weighted by molar-refractivity contribution is 0.0943. The summed E-state index contributed by atoms with van der Waals surface area (Å²) in [7, 11) is 0. The maximum Gasteiger partial charge on any atom is 0.272 e. The molecule has 1 fully saturated rings. The summed E-state index contributed by atoms with van der Waals surface area (Å²) in [6, 6.07) is 7.87. The number of carbonyl (C=O) groups is 1. The molecule has 0 unspecified atom stereocenters. The summed E-state index contributed by atoms with van der Waals surface area (Å²) in [5, 5.41) is 7.14. The van der Waals surface area contributed by atoms with Gasteiger partial charge in [-0.3, -0.25) is 9.20 Å². The van der Waals surface area contributed by atoms with Gasteiger partial charge in [0.25, 0.3) is 5.91 Å². The van der Waals surface area contributed by atoms with Gasteiger partial charge in [0.05, 0.1) is 5.69 Å². The van der Waals surface area contributed by atoms with Crippen LogP contribution in [0.5, 0.6) is 0 Å². The fraction of sp³-hybridized carbons (Fsp3) is 0.368. The molecule has 3 aromatic rings. The van der Waals surface area contributed by atoms with E-state index in [1.54, 1.807) is 11.3 Å². The number of thiophene rings is 1. The Morgan fingerprint density at radius 2 is 2.08 bits per heavy atom. The van der Waals surface area contributed by atoms with Crippen LogP contribution in [0.3, 0.4) is 0 Å². The van der Waals surface area contributed by atoms with Gasteiger partial charge < -0.3 is 10.2 Å². The molecule has 0 spiro atoms. The van der Waals surface area contributed by atoms with Crippen molar-refractivity contribution in [2.75, 3.05) is 26.2 Å². The van der Waals surface area contributed by atoms with Gasteiger partial charge in [0, 0.05) is 30.2 Å². The molecule has 1 saturated heterocycles. The predicted octanol–water partition coefficient (Wildman–Crippen LogP) is 3.28. The molecule has 0 saturated carbocycles. The minimum Gasteiger partial charge on any atom is -0.349 e. The zero-order valence-corrected chi connectivity index (χ0v) is 15.0. The Balaban J connectivity index is 1.53. The molecule has 1 amide bonds. The number of hydrogen-bond donors (Lipinski definition) is 1. The van der Waals surface area contributed by atoms with Crippen LogP contribution in [-0.4, -0.2) is 46.4 Å². The number of fused-ring (bicyclic) bond motifs is 1. The summed E-state index contributed by atoms with van der Waals surface area (Å²) in [6.07, 6.45) is 5.82. The highest BCUT2D eigenvalue weighted by Gasteiger charge is 2.20. The van der Waals surface area contributed by atoms with Crippen LogP contribution < -0.4 is 5.32 Å². The molecule has 4 rings (SSSR count). The molecule has 0 aliphatic carbocycles. The number of imidazole rings is 1. The smallest absolute Gasteiger partial charge is 0.272 e. The highest BCUT2D eigenvalue weighted by Crippen LogP contribution is 2.27. The minimum absolute atomic E-state index is 0.0955. The van der Waals surface area contributed by atoms with E-state index in [1.165, 1.54) is 19.3 Å². The first-order valence-corrected chi connectivity index (χ1v) is 9.77. The lowest BCUT2D eigenvalue weighted by Gasteiger charge is -2.26. The predicted molar refractivity (Wildman–Crippen MR) is 101 cm³/mol. The minimum atomic E-state index is -0.0955. The van der Waals surface area contributed by atoms with Gasteiger partial charge in [0.2, 0.25) is 0 Å². The first-order valence-electron chi connectivity index (χ1n) is 8.83. The van der Waals surface area contributed by atoms with Crippen molar-refractivity contribution in [1.82, 2.24) is 19.6 Å². The largest absolute Gasteiger partial charge is 0.349 e. The Bertz CT molecular complexity index is 850. The van der Waals surface area contributed by atoms with Gasteiger partial charge in [0.1, 0.15) is 5.65 Å². The van der Waals surface area contributed by atoms with E-state index in [0.29, 0.717) is 12.2 Å². The van der Waals surface area contributed by atoms with E-state index in [1.807, 2.05) is 40.2 Å². The maximum atomic E-state index is 12.8. The van der Waals surface area contributed by atoms with Crippen LogP contribution >= 0.6 is 11.3 Å². The van der Waals surface area contributed by atoms with Crippen LogP contribution in [0, 0.1) is 0 Å². The van der Waals surface area contributed by atoms with E-state index >= 15 is 0 Å². The SMILES string of the molecule is O=C(NCCN1CCCCC1)c1nc2ccccn2c1-c1ccsc1. The molecule has 130 valence electrons. The molecule has 1 N–H and O–H groups in total. The van der Waals surface area contributed by atoms with Gasteiger partial charge in [0.15, 0.2) is 5.69 Å². The maximum absolute atomic E-state index is 12.8. The number of piperidine rings is 1. The second-order valence-electron chi connectivity index (χ2n) is 6.41. The Morgan fingerprint density at radius 3 is 2.88 bits per heavy atom. The van der Waals surface area contributed by atoms with Gasteiger partial charge in [-0.15, -0.1) is 0 Å². The number of likely N-dealkylation sites (tertiary alicyclic amines) is 1. The van der Waals surface area contributed by atoms with Crippen molar-refractivity contribution in [3.8, 4) is 11.3 Å². The molecule has 0 aromatic carbocycles. The molecular formula is C19H22N4OS. The number of pyridine rings is 1. The normalized spacial score (nSPS) is 15.5. The zero-order valence-electron chi connectivity index (χ0n) is 14.1. The van der Waals surface area contributed by atoms with Crippen molar-refractivity contribution in [3.05, 3.63) is 46.9 Å². The summed E-state index contributed by atoms with van der Waals surface area (Å²) in [5.41, 5.74) is 3.20. The first kappa shape index (κ1) is 16.3. The van der Waals surface area contributed by atoms with Gasteiger partial charge >= 0.3 is 0 Å². The molecule has 5 nitrogen and oxygen atoms in total. The first-order chi connectivity index (χ1) is 12.3. The molecule has 6 heteroatoms. The van der Waals surface area contributed by atoms with E-state index < -0.39 is 0 Å². The van der Waals surface area contributed by atoms with Crippen LogP contribution in [0.15, 0.2) is 41.2 Å². The quantitative estimate of drug-likeness (QED) is 0.765. The topological polar surface area (TPSA) is 49.6 Å². The summed E-state index contributed by atoms with van der Waals surface area (Å²) in [4.78, 5) is 19.8. The Morgan fingerprint density at radius 1 is 1.20 bits per heavy atom. The van der Waals surface area contributed by atoms with Crippen LogP contribution in [0.2, 0.25) is 0 Å². The molecule has 1 aliphatic rings. The lowest BCUT2D eigenvalue weighted by Crippen LogP contribution is -2.37. The molecular weight excluding hydrogens is 332 g/mol. The third-order valence-electron chi connectivity index (χ3n) is 4.70. The second-order valence-corrected chi connectivity index (χ2v) is 7.19. The van der Waals surface area contributed by atoms with Gasteiger partial charge in [-0.05, 0) is 49.5 Å². The second kappa shape index (κ2) is 7.37. The van der Waals surface area contributed by atoms with Crippen molar-refractivity contribution < 1.29 is 4.79 Å². The Hall–Kier alpha value is -2.18. The summed E-state index contributed by atoms with van der Waals surface area (Å²) in [6.45, 7) is 3.86.